The molecule has 0 bridgehead atoms. The fourth-order valence-corrected chi connectivity index (χ4v) is 3.05. The highest BCUT2D eigenvalue weighted by Gasteiger charge is 2.29. The summed E-state index contributed by atoms with van der Waals surface area (Å²) in [5, 5.41) is 3.75. The first-order valence-electron chi connectivity index (χ1n) is 8.09. The molecule has 1 aliphatic rings. The van der Waals surface area contributed by atoms with Gasteiger partial charge in [0.25, 0.3) is 0 Å². The van der Waals surface area contributed by atoms with E-state index in [0.717, 1.165) is 17.9 Å². The van der Waals surface area contributed by atoms with Crippen molar-refractivity contribution in [3.05, 3.63) is 0 Å². The molecule has 0 aliphatic carbocycles. The molecule has 1 aliphatic heterocycles. The van der Waals surface area contributed by atoms with Crippen LogP contribution in [0.4, 0.5) is 0 Å². The van der Waals surface area contributed by atoms with Gasteiger partial charge in [-0.2, -0.15) is 0 Å². The van der Waals surface area contributed by atoms with Crippen LogP contribution in [0.15, 0.2) is 0 Å². The molecular formula is C16H34N2. The quantitative estimate of drug-likeness (QED) is 0.748. The minimum atomic E-state index is 0.687. The topological polar surface area (TPSA) is 15.3 Å². The molecule has 0 saturated carbocycles. The molecule has 1 rings (SSSR count). The van der Waals surface area contributed by atoms with Crippen LogP contribution in [-0.4, -0.2) is 36.6 Å². The molecule has 0 aromatic carbocycles. The molecule has 2 heteroatoms. The van der Waals surface area contributed by atoms with E-state index in [9.17, 15) is 0 Å². The van der Waals surface area contributed by atoms with E-state index >= 15 is 0 Å². The molecule has 18 heavy (non-hydrogen) atoms. The third kappa shape index (κ3) is 4.55. The number of hydrogen-bond acceptors (Lipinski definition) is 2. The maximum Gasteiger partial charge on any atom is 0.0221 e. The van der Waals surface area contributed by atoms with Gasteiger partial charge in [0, 0.05) is 31.7 Å². The lowest BCUT2D eigenvalue weighted by molar-refractivity contribution is 0.0879. The average Bonchev–Trinajstić information content (AvgIpc) is 2.37. The maximum atomic E-state index is 3.75. The van der Waals surface area contributed by atoms with E-state index in [1.165, 1.54) is 45.3 Å². The second-order valence-corrected chi connectivity index (χ2v) is 6.34. The van der Waals surface area contributed by atoms with E-state index in [1.807, 2.05) is 0 Å². The minimum Gasteiger partial charge on any atom is -0.311 e. The van der Waals surface area contributed by atoms with Crippen molar-refractivity contribution in [3.63, 3.8) is 0 Å². The van der Waals surface area contributed by atoms with E-state index in [-0.39, 0.29) is 0 Å². The average molecular weight is 254 g/mol. The molecule has 0 aromatic rings. The van der Waals surface area contributed by atoms with Crippen LogP contribution >= 0.6 is 0 Å². The van der Waals surface area contributed by atoms with Gasteiger partial charge in [0.15, 0.2) is 0 Å². The Morgan fingerprint density at radius 3 is 2.33 bits per heavy atom. The molecular weight excluding hydrogens is 220 g/mol. The predicted molar refractivity (Wildman–Crippen MR) is 81.0 cm³/mol. The second-order valence-electron chi connectivity index (χ2n) is 6.34. The Morgan fingerprint density at radius 1 is 1.17 bits per heavy atom. The van der Waals surface area contributed by atoms with Crippen LogP contribution in [0.25, 0.3) is 0 Å². The van der Waals surface area contributed by atoms with Gasteiger partial charge in [0.1, 0.15) is 0 Å². The summed E-state index contributed by atoms with van der Waals surface area (Å²) >= 11 is 0. The SMILES string of the molecule is CCCC1CNC(C(C)C)CN1CC(CC)CC. The lowest BCUT2D eigenvalue weighted by Crippen LogP contribution is -2.58. The van der Waals surface area contributed by atoms with Crippen molar-refractivity contribution >= 4 is 0 Å². The molecule has 0 radical (unpaired) electrons. The molecule has 2 atom stereocenters. The van der Waals surface area contributed by atoms with Crippen LogP contribution < -0.4 is 5.32 Å². The zero-order chi connectivity index (χ0) is 13.5. The largest absolute Gasteiger partial charge is 0.311 e. The second kappa shape index (κ2) is 8.16. The Balaban J connectivity index is 2.59. The van der Waals surface area contributed by atoms with Crippen LogP contribution in [0.3, 0.4) is 0 Å². The summed E-state index contributed by atoms with van der Waals surface area (Å²) in [6.07, 6.45) is 5.30. The first kappa shape index (κ1) is 16.0. The van der Waals surface area contributed by atoms with Gasteiger partial charge in [0.2, 0.25) is 0 Å². The number of hydrogen-bond donors (Lipinski definition) is 1. The van der Waals surface area contributed by atoms with E-state index in [0.29, 0.717) is 6.04 Å². The molecule has 1 heterocycles. The Bertz CT molecular complexity index is 209. The molecule has 1 saturated heterocycles. The molecule has 0 aromatic heterocycles. The zero-order valence-electron chi connectivity index (χ0n) is 13.2. The first-order chi connectivity index (χ1) is 8.62. The summed E-state index contributed by atoms with van der Waals surface area (Å²) in [4.78, 5) is 2.78. The van der Waals surface area contributed by atoms with Gasteiger partial charge in [-0.1, -0.05) is 53.9 Å². The van der Waals surface area contributed by atoms with Crippen molar-refractivity contribution in [1.82, 2.24) is 10.2 Å². The van der Waals surface area contributed by atoms with E-state index in [4.69, 9.17) is 0 Å². The molecule has 2 unspecified atom stereocenters. The van der Waals surface area contributed by atoms with Gasteiger partial charge in [-0.05, 0) is 18.3 Å². The van der Waals surface area contributed by atoms with Crippen molar-refractivity contribution in [2.75, 3.05) is 19.6 Å². The highest BCUT2D eigenvalue weighted by molar-refractivity contribution is 4.88. The highest BCUT2D eigenvalue weighted by Crippen LogP contribution is 2.20. The Morgan fingerprint density at radius 2 is 1.83 bits per heavy atom. The maximum absolute atomic E-state index is 3.75. The number of piperazine rings is 1. The van der Waals surface area contributed by atoms with Crippen LogP contribution in [0, 0.1) is 11.8 Å². The number of nitrogens with one attached hydrogen (secondary N) is 1. The van der Waals surface area contributed by atoms with Gasteiger partial charge in [-0.3, -0.25) is 4.90 Å². The normalized spacial score (nSPS) is 26.2. The fourth-order valence-electron chi connectivity index (χ4n) is 3.05. The summed E-state index contributed by atoms with van der Waals surface area (Å²) < 4.78 is 0. The van der Waals surface area contributed by atoms with Crippen molar-refractivity contribution in [2.45, 2.75) is 72.4 Å². The molecule has 108 valence electrons. The molecule has 1 N–H and O–H groups in total. The summed E-state index contributed by atoms with van der Waals surface area (Å²) in [5.74, 6) is 1.63. The van der Waals surface area contributed by atoms with Gasteiger partial charge >= 0.3 is 0 Å². The van der Waals surface area contributed by atoms with Gasteiger partial charge in [-0.15, -0.1) is 0 Å². The van der Waals surface area contributed by atoms with Crippen molar-refractivity contribution in [1.29, 1.82) is 0 Å². The Hall–Kier alpha value is -0.0800. The molecule has 2 nitrogen and oxygen atoms in total. The van der Waals surface area contributed by atoms with Gasteiger partial charge in [-0.25, -0.2) is 0 Å². The van der Waals surface area contributed by atoms with E-state index in [2.05, 4.69) is 44.8 Å². The summed E-state index contributed by atoms with van der Waals surface area (Å²) in [6.45, 7) is 15.4. The van der Waals surface area contributed by atoms with Crippen LogP contribution in [0.2, 0.25) is 0 Å². The fraction of sp³-hybridized carbons (Fsp3) is 1.00. The van der Waals surface area contributed by atoms with Crippen LogP contribution in [0.1, 0.15) is 60.3 Å². The minimum absolute atomic E-state index is 0.687. The number of nitrogens with zero attached hydrogens (tertiary/aromatic N) is 1. The van der Waals surface area contributed by atoms with Crippen LogP contribution in [-0.2, 0) is 0 Å². The van der Waals surface area contributed by atoms with Crippen molar-refractivity contribution in [2.24, 2.45) is 11.8 Å². The van der Waals surface area contributed by atoms with E-state index in [1.54, 1.807) is 0 Å². The summed E-state index contributed by atoms with van der Waals surface area (Å²) in [6, 6.07) is 1.46. The van der Waals surface area contributed by atoms with Crippen molar-refractivity contribution in [3.8, 4) is 0 Å². The molecule has 0 spiro atoms. The summed E-state index contributed by atoms with van der Waals surface area (Å²) in [5.41, 5.74) is 0. The Kier molecular flexibility index (Phi) is 7.25. The lowest BCUT2D eigenvalue weighted by Gasteiger charge is -2.43. The third-order valence-electron chi connectivity index (χ3n) is 4.64. The standard InChI is InChI=1S/C16H34N2/c1-6-9-15-10-17-16(13(4)5)12-18(15)11-14(7-2)8-3/h13-17H,6-12H2,1-5H3. The van der Waals surface area contributed by atoms with Gasteiger partial charge < -0.3 is 5.32 Å². The van der Waals surface area contributed by atoms with Crippen molar-refractivity contribution < 1.29 is 0 Å². The monoisotopic (exact) mass is 254 g/mol. The predicted octanol–water partition coefficient (Wildman–Crippen LogP) is 3.52. The van der Waals surface area contributed by atoms with Crippen LogP contribution in [0.5, 0.6) is 0 Å². The third-order valence-corrected chi connectivity index (χ3v) is 4.64. The molecule has 0 amide bonds. The van der Waals surface area contributed by atoms with Gasteiger partial charge in [0.05, 0.1) is 0 Å². The van der Waals surface area contributed by atoms with E-state index < -0.39 is 0 Å². The summed E-state index contributed by atoms with van der Waals surface area (Å²) in [7, 11) is 0. The lowest BCUT2D eigenvalue weighted by atomic mass is 9.95. The number of rotatable bonds is 7. The zero-order valence-corrected chi connectivity index (χ0v) is 13.2. The molecule has 1 fully saturated rings. The Labute approximate surface area is 115 Å². The highest BCUT2D eigenvalue weighted by atomic mass is 15.2. The smallest absolute Gasteiger partial charge is 0.0221 e. The first-order valence-corrected chi connectivity index (χ1v) is 8.09.